The van der Waals surface area contributed by atoms with Crippen LogP contribution in [0, 0.1) is 11.3 Å². The van der Waals surface area contributed by atoms with Crippen molar-refractivity contribution in [3.8, 4) is 0 Å². The summed E-state index contributed by atoms with van der Waals surface area (Å²) in [4.78, 5) is 12.7. The minimum absolute atomic E-state index is 0.159. The molecule has 1 unspecified atom stereocenters. The number of ketones is 1. The van der Waals surface area contributed by atoms with Crippen LogP contribution in [0.1, 0.15) is 75.2 Å². The highest BCUT2D eigenvalue weighted by atomic mass is 16.1. The second-order valence-electron chi connectivity index (χ2n) is 6.93. The summed E-state index contributed by atoms with van der Waals surface area (Å²) in [5.41, 5.74) is 2.36. The lowest BCUT2D eigenvalue weighted by molar-refractivity contribution is 0.0697. The Morgan fingerprint density at radius 1 is 1.16 bits per heavy atom. The van der Waals surface area contributed by atoms with E-state index >= 15 is 0 Å². The maximum Gasteiger partial charge on any atom is 0.166 e. The molecule has 0 bridgehead atoms. The summed E-state index contributed by atoms with van der Waals surface area (Å²) in [5.74, 6) is 1.07. The Balaban J connectivity index is 2.19. The number of hydrogen-bond donors (Lipinski definition) is 0. The van der Waals surface area contributed by atoms with E-state index in [1.165, 1.54) is 24.8 Å². The van der Waals surface area contributed by atoms with Gasteiger partial charge in [-0.3, -0.25) is 4.79 Å². The van der Waals surface area contributed by atoms with E-state index in [0.29, 0.717) is 11.7 Å². The number of Topliss-reactive ketones (excluding diaryl/α,β-unsaturated/α-hetero) is 1. The SMILES string of the molecule is CC(C)c1ccc(C(=O)C2CCCCC2(C)C)cc1. The van der Waals surface area contributed by atoms with Gasteiger partial charge < -0.3 is 0 Å². The first-order chi connectivity index (χ1) is 8.92. The molecule has 19 heavy (non-hydrogen) atoms. The lowest BCUT2D eigenvalue weighted by atomic mass is 9.66. The first-order valence-electron chi connectivity index (χ1n) is 7.56. The van der Waals surface area contributed by atoms with Gasteiger partial charge in [-0.25, -0.2) is 0 Å². The van der Waals surface area contributed by atoms with E-state index in [9.17, 15) is 4.79 Å². The molecule has 0 radical (unpaired) electrons. The van der Waals surface area contributed by atoms with E-state index < -0.39 is 0 Å². The highest BCUT2D eigenvalue weighted by molar-refractivity contribution is 5.98. The van der Waals surface area contributed by atoms with Gasteiger partial charge in [0.25, 0.3) is 0 Å². The Labute approximate surface area is 117 Å². The molecule has 1 aliphatic carbocycles. The van der Waals surface area contributed by atoms with Crippen LogP contribution in [0.25, 0.3) is 0 Å². The number of rotatable bonds is 3. The van der Waals surface area contributed by atoms with Crippen LogP contribution in [-0.2, 0) is 0 Å². The van der Waals surface area contributed by atoms with Crippen molar-refractivity contribution in [1.29, 1.82) is 0 Å². The Morgan fingerprint density at radius 3 is 2.32 bits per heavy atom. The van der Waals surface area contributed by atoms with Gasteiger partial charge in [0.2, 0.25) is 0 Å². The maximum atomic E-state index is 12.7. The molecule has 0 spiro atoms. The first kappa shape index (κ1) is 14.3. The highest BCUT2D eigenvalue weighted by Gasteiger charge is 2.37. The van der Waals surface area contributed by atoms with Gasteiger partial charge in [0, 0.05) is 11.5 Å². The number of carbonyl (C=O) groups is 1. The summed E-state index contributed by atoms with van der Waals surface area (Å²) in [6.07, 6.45) is 4.69. The summed E-state index contributed by atoms with van der Waals surface area (Å²) < 4.78 is 0. The maximum absolute atomic E-state index is 12.7. The molecular weight excluding hydrogens is 232 g/mol. The fourth-order valence-corrected chi connectivity index (χ4v) is 3.21. The number of carbonyl (C=O) groups excluding carboxylic acids is 1. The summed E-state index contributed by atoms with van der Waals surface area (Å²) in [6, 6.07) is 8.24. The van der Waals surface area contributed by atoms with Gasteiger partial charge in [-0.1, -0.05) is 64.8 Å². The molecular formula is C18H26O. The zero-order chi connectivity index (χ0) is 14.0. The van der Waals surface area contributed by atoms with Gasteiger partial charge in [0.05, 0.1) is 0 Å². The van der Waals surface area contributed by atoms with Crippen molar-refractivity contribution < 1.29 is 4.79 Å². The molecule has 104 valence electrons. The molecule has 1 aromatic carbocycles. The van der Waals surface area contributed by atoms with E-state index in [2.05, 4.69) is 39.8 Å². The van der Waals surface area contributed by atoms with Crippen molar-refractivity contribution in [1.82, 2.24) is 0 Å². The van der Waals surface area contributed by atoms with Crippen LogP contribution in [0.3, 0.4) is 0 Å². The van der Waals surface area contributed by atoms with Crippen LogP contribution in [0.15, 0.2) is 24.3 Å². The number of benzene rings is 1. The van der Waals surface area contributed by atoms with E-state index in [0.717, 1.165) is 12.0 Å². The third kappa shape index (κ3) is 3.08. The van der Waals surface area contributed by atoms with Crippen molar-refractivity contribution in [2.45, 2.75) is 59.3 Å². The van der Waals surface area contributed by atoms with Crippen LogP contribution in [0.2, 0.25) is 0 Å². The van der Waals surface area contributed by atoms with Gasteiger partial charge in [-0.15, -0.1) is 0 Å². The predicted molar refractivity (Wildman–Crippen MR) is 80.6 cm³/mol. The van der Waals surface area contributed by atoms with Crippen LogP contribution >= 0.6 is 0 Å². The first-order valence-corrected chi connectivity index (χ1v) is 7.56. The number of hydrogen-bond acceptors (Lipinski definition) is 1. The molecule has 0 heterocycles. The Morgan fingerprint density at radius 2 is 1.79 bits per heavy atom. The fraction of sp³-hybridized carbons (Fsp3) is 0.611. The van der Waals surface area contributed by atoms with Crippen molar-refractivity contribution in [2.75, 3.05) is 0 Å². The molecule has 1 aliphatic rings. The van der Waals surface area contributed by atoms with Gasteiger partial charge >= 0.3 is 0 Å². The largest absolute Gasteiger partial charge is 0.294 e. The van der Waals surface area contributed by atoms with Gasteiger partial charge in [0.1, 0.15) is 0 Å². The van der Waals surface area contributed by atoms with E-state index in [-0.39, 0.29) is 11.3 Å². The molecule has 1 aromatic rings. The molecule has 1 heteroatoms. The van der Waals surface area contributed by atoms with Crippen LogP contribution in [-0.4, -0.2) is 5.78 Å². The van der Waals surface area contributed by atoms with Crippen LogP contribution < -0.4 is 0 Å². The quantitative estimate of drug-likeness (QED) is 0.680. The molecule has 1 nitrogen and oxygen atoms in total. The summed E-state index contributed by atoms with van der Waals surface area (Å²) in [7, 11) is 0. The summed E-state index contributed by atoms with van der Waals surface area (Å²) in [6.45, 7) is 8.86. The highest BCUT2D eigenvalue weighted by Crippen LogP contribution is 2.42. The van der Waals surface area contributed by atoms with E-state index in [1.54, 1.807) is 0 Å². The molecule has 1 fully saturated rings. The van der Waals surface area contributed by atoms with Crippen molar-refractivity contribution in [3.05, 3.63) is 35.4 Å². The van der Waals surface area contributed by atoms with Crippen LogP contribution in [0.5, 0.6) is 0 Å². The third-order valence-electron chi connectivity index (χ3n) is 4.69. The minimum Gasteiger partial charge on any atom is -0.294 e. The smallest absolute Gasteiger partial charge is 0.166 e. The zero-order valence-corrected chi connectivity index (χ0v) is 12.7. The molecule has 1 saturated carbocycles. The summed E-state index contributed by atoms with van der Waals surface area (Å²) >= 11 is 0. The lowest BCUT2D eigenvalue weighted by Gasteiger charge is -2.37. The monoisotopic (exact) mass is 258 g/mol. The van der Waals surface area contributed by atoms with Crippen molar-refractivity contribution in [3.63, 3.8) is 0 Å². The second kappa shape index (κ2) is 5.48. The molecule has 2 rings (SSSR count). The third-order valence-corrected chi connectivity index (χ3v) is 4.69. The van der Waals surface area contributed by atoms with Crippen molar-refractivity contribution >= 4 is 5.78 Å². The average molecular weight is 258 g/mol. The van der Waals surface area contributed by atoms with Crippen molar-refractivity contribution in [2.24, 2.45) is 11.3 Å². The minimum atomic E-state index is 0.159. The van der Waals surface area contributed by atoms with E-state index in [1.807, 2.05) is 12.1 Å². The Hall–Kier alpha value is -1.11. The second-order valence-corrected chi connectivity index (χ2v) is 6.93. The van der Waals surface area contributed by atoms with E-state index in [4.69, 9.17) is 0 Å². The standard InChI is InChI=1S/C18H26O/c1-13(2)14-8-10-15(11-9-14)17(19)16-7-5-6-12-18(16,3)4/h8-11,13,16H,5-7,12H2,1-4H3. The average Bonchev–Trinajstić information content (AvgIpc) is 2.37. The zero-order valence-electron chi connectivity index (χ0n) is 12.7. The lowest BCUT2D eigenvalue weighted by Crippen LogP contribution is -2.34. The Bertz CT molecular complexity index is 439. The fourth-order valence-electron chi connectivity index (χ4n) is 3.21. The molecule has 1 atom stereocenters. The topological polar surface area (TPSA) is 17.1 Å². The van der Waals surface area contributed by atoms with Gasteiger partial charge in [-0.05, 0) is 29.7 Å². The van der Waals surface area contributed by atoms with Gasteiger partial charge in [0.15, 0.2) is 5.78 Å². The van der Waals surface area contributed by atoms with Gasteiger partial charge in [-0.2, -0.15) is 0 Å². The molecule has 0 aromatic heterocycles. The van der Waals surface area contributed by atoms with Crippen LogP contribution in [0.4, 0.5) is 0 Å². The normalized spacial score (nSPS) is 22.5. The molecule has 0 amide bonds. The summed E-state index contributed by atoms with van der Waals surface area (Å²) in [5, 5.41) is 0. The molecule has 0 aliphatic heterocycles. The Kier molecular flexibility index (Phi) is 4.13. The predicted octanol–water partition coefficient (Wildman–Crippen LogP) is 5.21. The molecule has 0 N–H and O–H groups in total. The molecule has 0 saturated heterocycles.